The third-order valence-corrected chi connectivity index (χ3v) is 4.61. The van der Waals surface area contributed by atoms with E-state index in [1.54, 1.807) is 23.1 Å². The van der Waals surface area contributed by atoms with E-state index in [-0.39, 0.29) is 29.5 Å². The fourth-order valence-corrected chi connectivity index (χ4v) is 3.11. The quantitative estimate of drug-likeness (QED) is 0.348. The Labute approximate surface area is 170 Å². The number of carbonyl (C=O) groups excluding carboxylic acids is 1. The molecular weight excluding hydrogens is 396 g/mol. The number of hydrogen-bond acceptors (Lipinski definition) is 6. The van der Waals surface area contributed by atoms with Crippen molar-refractivity contribution in [1.29, 1.82) is 0 Å². The van der Waals surface area contributed by atoms with Crippen LogP contribution in [0.1, 0.15) is 36.2 Å². The van der Waals surface area contributed by atoms with Crippen molar-refractivity contribution >= 4 is 21.7 Å². The number of hydrogen-bond donors (Lipinski definition) is 0. The monoisotopic (exact) mass is 420 g/mol. The highest BCUT2D eigenvalue weighted by molar-refractivity contribution is 7.86. The number of nitro benzene ring substituents is 1. The van der Waals surface area contributed by atoms with Crippen molar-refractivity contribution in [2.75, 3.05) is 12.8 Å². The molecular formula is C20H24N2O6S. The average molecular weight is 420 g/mol. The van der Waals surface area contributed by atoms with Gasteiger partial charge in [0, 0.05) is 30.8 Å². The van der Waals surface area contributed by atoms with Crippen LogP contribution in [0.2, 0.25) is 0 Å². The van der Waals surface area contributed by atoms with Gasteiger partial charge < -0.3 is 9.08 Å². The second kappa shape index (κ2) is 9.51. The van der Waals surface area contributed by atoms with Gasteiger partial charge in [-0.2, -0.15) is 8.42 Å². The fourth-order valence-electron chi connectivity index (χ4n) is 2.65. The van der Waals surface area contributed by atoms with Crippen LogP contribution in [0.3, 0.4) is 0 Å². The van der Waals surface area contributed by atoms with E-state index in [0.29, 0.717) is 12.5 Å². The molecule has 9 heteroatoms. The van der Waals surface area contributed by atoms with E-state index in [0.717, 1.165) is 18.2 Å². The lowest BCUT2D eigenvalue weighted by Crippen LogP contribution is -2.32. The molecule has 0 spiro atoms. The zero-order chi connectivity index (χ0) is 21.6. The van der Waals surface area contributed by atoms with Crippen molar-refractivity contribution in [3.05, 3.63) is 69.8 Å². The molecule has 29 heavy (non-hydrogen) atoms. The SMILES string of the molecule is CC(C)CCN(Cc1ccc(OS(C)(=O)=O)cc1)C(=O)c1cccc([N+](=O)[O-])c1. The molecule has 0 bridgehead atoms. The van der Waals surface area contributed by atoms with Crippen LogP contribution in [0.5, 0.6) is 5.75 Å². The first-order valence-corrected chi connectivity index (χ1v) is 10.9. The molecule has 0 heterocycles. The minimum atomic E-state index is -3.61. The van der Waals surface area contributed by atoms with Crippen molar-refractivity contribution in [3.8, 4) is 5.75 Å². The molecule has 0 N–H and O–H groups in total. The number of non-ortho nitro benzene ring substituents is 1. The predicted molar refractivity (Wildman–Crippen MR) is 109 cm³/mol. The highest BCUT2D eigenvalue weighted by Gasteiger charge is 2.19. The van der Waals surface area contributed by atoms with Gasteiger partial charge in [-0.25, -0.2) is 0 Å². The molecule has 0 unspecified atom stereocenters. The van der Waals surface area contributed by atoms with E-state index in [9.17, 15) is 23.3 Å². The Bertz CT molecular complexity index is 971. The minimum absolute atomic E-state index is 0.137. The number of amides is 1. The van der Waals surface area contributed by atoms with Crippen LogP contribution in [-0.2, 0) is 16.7 Å². The third-order valence-electron chi connectivity index (χ3n) is 4.11. The number of carbonyl (C=O) groups is 1. The summed E-state index contributed by atoms with van der Waals surface area (Å²) in [7, 11) is -3.61. The summed E-state index contributed by atoms with van der Waals surface area (Å²) in [6.45, 7) is 4.87. The molecule has 2 aromatic carbocycles. The molecule has 156 valence electrons. The third kappa shape index (κ3) is 7.19. The number of rotatable bonds is 9. The first-order chi connectivity index (χ1) is 13.5. The lowest BCUT2D eigenvalue weighted by Gasteiger charge is -2.24. The molecule has 0 atom stereocenters. The second-order valence-electron chi connectivity index (χ2n) is 7.15. The van der Waals surface area contributed by atoms with Crippen LogP contribution >= 0.6 is 0 Å². The van der Waals surface area contributed by atoms with Gasteiger partial charge in [-0.1, -0.05) is 32.0 Å². The van der Waals surface area contributed by atoms with Crippen LogP contribution in [0, 0.1) is 16.0 Å². The standard InChI is InChI=1S/C20H24N2O6S/c1-15(2)11-12-21(20(23)17-5-4-6-18(13-17)22(24)25)14-16-7-9-19(10-8-16)28-29(3,26)27/h4-10,13,15H,11-12,14H2,1-3H3. The summed E-state index contributed by atoms with van der Waals surface area (Å²) >= 11 is 0. The second-order valence-corrected chi connectivity index (χ2v) is 8.72. The lowest BCUT2D eigenvalue weighted by atomic mass is 10.1. The Hall–Kier alpha value is -2.94. The fraction of sp³-hybridized carbons (Fsp3) is 0.350. The van der Waals surface area contributed by atoms with Gasteiger partial charge in [-0.15, -0.1) is 0 Å². The van der Waals surface area contributed by atoms with Gasteiger partial charge >= 0.3 is 10.1 Å². The van der Waals surface area contributed by atoms with Crippen LogP contribution in [0.4, 0.5) is 5.69 Å². The van der Waals surface area contributed by atoms with E-state index < -0.39 is 15.0 Å². The van der Waals surface area contributed by atoms with Crippen LogP contribution in [0.15, 0.2) is 48.5 Å². The molecule has 8 nitrogen and oxygen atoms in total. The summed E-state index contributed by atoms with van der Waals surface area (Å²) in [6, 6.07) is 12.1. The summed E-state index contributed by atoms with van der Waals surface area (Å²) < 4.78 is 27.2. The molecule has 0 saturated carbocycles. The molecule has 1 amide bonds. The predicted octanol–water partition coefficient (Wildman–Crippen LogP) is 3.62. The zero-order valence-corrected chi connectivity index (χ0v) is 17.4. The Morgan fingerprint density at radius 3 is 2.38 bits per heavy atom. The average Bonchev–Trinajstić information content (AvgIpc) is 2.64. The van der Waals surface area contributed by atoms with E-state index in [1.165, 1.54) is 30.3 Å². The summed E-state index contributed by atoms with van der Waals surface area (Å²) in [6.07, 6.45) is 1.74. The Morgan fingerprint density at radius 1 is 1.17 bits per heavy atom. The normalized spacial score (nSPS) is 11.3. The highest BCUT2D eigenvalue weighted by atomic mass is 32.2. The Balaban J connectivity index is 2.22. The van der Waals surface area contributed by atoms with Crippen molar-refractivity contribution in [3.63, 3.8) is 0 Å². The van der Waals surface area contributed by atoms with Crippen LogP contribution < -0.4 is 4.18 Å². The zero-order valence-electron chi connectivity index (χ0n) is 16.6. The molecule has 2 aromatic rings. The van der Waals surface area contributed by atoms with E-state index >= 15 is 0 Å². The van der Waals surface area contributed by atoms with Gasteiger partial charge in [-0.05, 0) is 36.1 Å². The number of benzene rings is 2. The van der Waals surface area contributed by atoms with Crippen molar-refractivity contribution in [2.45, 2.75) is 26.8 Å². The van der Waals surface area contributed by atoms with E-state index in [4.69, 9.17) is 4.18 Å². The van der Waals surface area contributed by atoms with Crippen molar-refractivity contribution in [1.82, 2.24) is 4.90 Å². The molecule has 0 aliphatic carbocycles. The lowest BCUT2D eigenvalue weighted by molar-refractivity contribution is -0.384. The topological polar surface area (TPSA) is 107 Å². The van der Waals surface area contributed by atoms with Crippen molar-refractivity contribution < 1.29 is 22.3 Å². The summed E-state index contributed by atoms with van der Waals surface area (Å²) in [5.74, 6) is 0.266. The molecule has 0 aliphatic rings. The minimum Gasteiger partial charge on any atom is -0.383 e. The maximum atomic E-state index is 13.0. The van der Waals surface area contributed by atoms with Crippen LogP contribution in [-0.4, -0.2) is 36.9 Å². The van der Waals surface area contributed by atoms with Crippen molar-refractivity contribution in [2.24, 2.45) is 5.92 Å². The van der Waals surface area contributed by atoms with E-state index in [2.05, 4.69) is 0 Å². The highest BCUT2D eigenvalue weighted by Crippen LogP contribution is 2.19. The van der Waals surface area contributed by atoms with Gasteiger partial charge in [0.15, 0.2) is 0 Å². The van der Waals surface area contributed by atoms with Gasteiger partial charge in [0.1, 0.15) is 5.75 Å². The maximum Gasteiger partial charge on any atom is 0.306 e. The first-order valence-electron chi connectivity index (χ1n) is 9.07. The van der Waals surface area contributed by atoms with E-state index in [1.807, 2.05) is 13.8 Å². The molecule has 0 aliphatic heterocycles. The Kier molecular flexibility index (Phi) is 7.33. The molecule has 0 saturated heterocycles. The molecule has 0 radical (unpaired) electrons. The summed E-state index contributed by atoms with van der Waals surface area (Å²) in [4.78, 5) is 25.1. The smallest absolute Gasteiger partial charge is 0.306 e. The first kappa shape index (κ1) is 22.4. The molecule has 0 fully saturated rings. The summed E-state index contributed by atoms with van der Waals surface area (Å²) in [5.41, 5.74) is 0.898. The van der Waals surface area contributed by atoms with Gasteiger partial charge in [0.25, 0.3) is 11.6 Å². The number of nitrogens with zero attached hydrogens (tertiary/aromatic N) is 2. The molecule has 2 rings (SSSR count). The van der Waals surface area contributed by atoms with Gasteiger partial charge in [0.05, 0.1) is 11.2 Å². The maximum absolute atomic E-state index is 13.0. The van der Waals surface area contributed by atoms with Gasteiger partial charge in [-0.3, -0.25) is 14.9 Å². The van der Waals surface area contributed by atoms with Crippen LogP contribution in [0.25, 0.3) is 0 Å². The summed E-state index contributed by atoms with van der Waals surface area (Å²) in [5, 5.41) is 11.0. The Morgan fingerprint density at radius 2 is 1.83 bits per heavy atom. The number of nitro groups is 1. The largest absolute Gasteiger partial charge is 0.383 e. The van der Waals surface area contributed by atoms with Gasteiger partial charge in [0.2, 0.25) is 0 Å². The molecule has 0 aromatic heterocycles.